The molecule has 4 rings (SSSR count). The Labute approximate surface area is 231 Å². The second-order valence-electron chi connectivity index (χ2n) is 8.28. The van der Waals surface area contributed by atoms with Gasteiger partial charge in [-0.2, -0.15) is 5.10 Å². The van der Waals surface area contributed by atoms with Crippen LogP contribution < -0.4 is 19.6 Å². The van der Waals surface area contributed by atoms with E-state index in [1.807, 2.05) is 54.6 Å². The van der Waals surface area contributed by atoms with Crippen molar-refractivity contribution in [3.05, 3.63) is 112 Å². The molecule has 0 aliphatic rings. The Bertz CT molecular complexity index is 1390. The van der Waals surface area contributed by atoms with E-state index in [4.69, 9.17) is 37.4 Å². The summed E-state index contributed by atoms with van der Waals surface area (Å²) in [5.41, 5.74) is 6.08. The van der Waals surface area contributed by atoms with Crippen LogP contribution in [0.5, 0.6) is 17.2 Å². The van der Waals surface area contributed by atoms with E-state index in [1.165, 1.54) is 6.21 Å². The molecule has 1 atom stereocenters. The summed E-state index contributed by atoms with van der Waals surface area (Å²) in [6.45, 7) is 1.85. The smallest absolute Gasteiger partial charge is 0.280 e. The van der Waals surface area contributed by atoms with E-state index in [0.717, 1.165) is 11.1 Å². The molecule has 38 heavy (non-hydrogen) atoms. The molecular weight excluding hydrogens is 523 g/mol. The maximum atomic E-state index is 12.5. The van der Waals surface area contributed by atoms with Crippen molar-refractivity contribution < 1.29 is 19.0 Å². The molecule has 6 nitrogen and oxygen atoms in total. The van der Waals surface area contributed by atoms with Gasteiger partial charge in [-0.05, 0) is 66.1 Å². The van der Waals surface area contributed by atoms with E-state index >= 15 is 0 Å². The first-order chi connectivity index (χ1) is 18.4. The van der Waals surface area contributed by atoms with E-state index in [9.17, 15) is 4.79 Å². The van der Waals surface area contributed by atoms with Crippen LogP contribution in [0.2, 0.25) is 10.0 Å². The zero-order chi connectivity index (χ0) is 26.9. The molecule has 0 saturated heterocycles. The largest absolute Gasteiger partial charge is 0.493 e. The minimum absolute atomic E-state index is 0.186. The molecular formula is C30H26Cl2N2O4. The summed E-state index contributed by atoms with van der Waals surface area (Å²) in [6.07, 6.45) is 0.771. The first kappa shape index (κ1) is 27.0. The Balaban J connectivity index is 1.31. The molecule has 1 amide bonds. The molecule has 0 bridgehead atoms. The number of benzene rings is 4. The standard InChI is InChI=1S/C30H26Cl2N2O4/c1-20(38-24-14-12-23(13-15-24)22-7-4-3-5-8-22)30(35)34-33-18-21-11-16-28(29(17-21)36-2)37-19-25-26(31)9-6-10-27(25)32/h3-18,20H,19H2,1-2H3,(H,34,35)/b33-18+/t20-/m1/s1. The Morgan fingerprint density at radius 2 is 1.58 bits per heavy atom. The number of carbonyl (C=O) groups excluding carboxylic acids is 1. The number of ether oxygens (including phenoxy) is 3. The van der Waals surface area contributed by atoms with Crippen molar-refractivity contribution in [2.45, 2.75) is 19.6 Å². The molecule has 0 aliphatic carbocycles. The van der Waals surface area contributed by atoms with Crippen LogP contribution in [0.15, 0.2) is 96.1 Å². The lowest BCUT2D eigenvalue weighted by Crippen LogP contribution is -2.33. The summed E-state index contributed by atoms with van der Waals surface area (Å²) >= 11 is 12.4. The Morgan fingerprint density at radius 1 is 0.895 bits per heavy atom. The number of methoxy groups -OCH3 is 1. The fourth-order valence-electron chi connectivity index (χ4n) is 3.58. The predicted molar refractivity (Wildman–Crippen MR) is 151 cm³/mol. The van der Waals surface area contributed by atoms with Crippen molar-refractivity contribution in [3.8, 4) is 28.4 Å². The number of amides is 1. The average Bonchev–Trinajstić information content (AvgIpc) is 2.94. The zero-order valence-corrected chi connectivity index (χ0v) is 22.4. The summed E-state index contributed by atoms with van der Waals surface area (Å²) < 4.78 is 17.1. The van der Waals surface area contributed by atoms with E-state index in [2.05, 4.69) is 10.5 Å². The van der Waals surface area contributed by atoms with Crippen molar-refractivity contribution >= 4 is 35.3 Å². The van der Waals surface area contributed by atoms with Gasteiger partial charge in [0.05, 0.1) is 13.3 Å². The summed E-state index contributed by atoms with van der Waals surface area (Å²) in [4.78, 5) is 12.5. The summed E-state index contributed by atoms with van der Waals surface area (Å²) in [5, 5.41) is 5.10. The lowest BCUT2D eigenvalue weighted by Gasteiger charge is -2.14. The normalized spacial score (nSPS) is 11.7. The minimum Gasteiger partial charge on any atom is -0.493 e. The number of halogens is 2. The van der Waals surface area contributed by atoms with Crippen LogP contribution in [0.3, 0.4) is 0 Å². The van der Waals surface area contributed by atoms with Crippen LogP contribution in [-0.4, -0.2) is 25.3 Å². The van der Waals surface area contributed by atoms with Crippen molar-refractivity contribution in [3.63, 3.8) is 0 Å². The van der Waals surface area contributed by atoms with Gasteiger partial charge >= 0.3 is 0 Å². The van der Waals surface area contributed by atoms with Gasteiger partial charge in [-0.3, -0.25) is 4.79 Å². The Kier molecular flexibility index (Phi) is 9.25. The van der Waals surface area contributed by atoms with Gasteiger partial charge < -0.3 is 14.2 Å². The Morgan fingerprint density at radius 3 is 2.26 bits per heavy atom. The molecule has 0 aromatic heterocycles. The molecule has 4 aromatic rings. The number of nitrogens with one attached hydrogen (secondary N) is 1. The number of rotatable bonds is 10. The topological polar surface area (TPSA) is 69.2 Å². The van der Waals surface area contributed by atoms with Gasteiger partial charge in [-0.15, -0.1) is 0 Å². The molecule has 4 aromatic carbocycles. The molecule has 0 spiro atoms. The van der Waals surface area contributed by atoms with E-state index < -0.39 is 6.10 Å². The van der Waals surface area contributed by atoms with E-state index in [-0.39, 0.29) is 12.5 Å². The van der Waals surface area contributed by atoms with Gasteiger partial charge in [-0.25, -0.2) is 5.43 Å². The third-order valence-corrected chi connectivity index (χ3v) is 6.36. The molecule has 194 valence electrons. The van der Waals surface area contributed by atoms with Crippen molar-refractivity contribution in [1.29, 1.82) is 0 Å². The van der Waals surface area contributed by atoms with Crippen molar-refractivity contribution in [1.82, 2.24) is 5.43 Å². The third kappa shape index (κ3) is 7.06. The highest BCUT2D eigenvalue weighted by molar-refractivity contribution is 6.35. The third-order valence-electron chi connectivity index (χ3n) is 5.65. The fourth-order valence-corrected chi connectivity index (χ4v) is 4.09. The maximum Gasteiger partial charge on any atom is 0.280 e. The van der Waals surface area contributed by atoms with Crippen molar-refractivity contribution in [2.24, 2.45) is 5.10 Å². The molecule has 0 unspecified atom stereocenters. The highest BCUT2D eigenvalue weighted by Crippen LogP contribution is 2.31. The summed E-state index contributed by atoms with van der Waals surface area (Å²) in [7, 11) is 1.54. The van der Waals surface area contributed by atoms with Crippen LogP contribution >= 0.6 is 23.2 Å². The first-order valence-electron chi connectivity index (χ1n) is 11.8. The first-order valence-corrected chi connectivity index (χ1v) is 12.6. The average molecular weight is 549 g/mol. The second-order valence-corrected chi connectivity index (χ2v) is 9.10. The highest BCUT2D eigenvalue weighted by Gasteiger charge is 2.14. The van der Waals surface area contributed by atoms with Gasteiger partial charge in [0.1, 0.15) is 12.4 Å². The van der Waals surface area contributed by atoms with Gasteiger partial charge in [0.15, 0.2) is 17.6 Å². The molecule has 0 heterocycles. The van der Waals surface area contributed by atoms with Gasteiger partial charge in [0.2, 0.25) is 0 Å². The van der Waals surface area contributed by atoms with Crippen LogP contribution in [0.4, 0.5) is 0 Å². The van der Waals surface area contributed by atoms with Gasteiger partial charge in [-0.1, -0.05) is 71.7 Å². The molecule has 0 fully saturated rings. The number of hydrogen-bond acceptors (Lipinski definition) is 5. The lowest BCUT2D eigenvalue weighted by molar-refractivity contribution is -0.127. The van der Waals surface area contributed by atoms with Crippen LogP contribution in [0, 0.1) is 0 Å². The van der Waals surface area contributed by atoms with E-state index in [0.29, 0.717) is 38.4 Å². The quantitative estimate of drug-likeness (QED) is 0.168. The van der Waals surface area contributed by atoms with Crippen molar-refractivity contribution in [2.75, 3.05) is 7.11 Å². The maximum absolute atomic E-state index is 12.5. The van der Waals surface area contributed by atoms with Gasteiger partial charge in [0, 0.05) is 15.6 Å². The summed E-state index contributed by atoms with van der Waals surface area (Å²) in [6, 6.07) is 28.2. The van der Waals surface area contributed by atoms with Crippen LogP contribution in [-0.2, 0) is 11.4 Å². The number of nitrogens with zero attached hydrogens (tertiary/aromatic N) is 1. The number of hydrazone groups is 1. The SMILES string of the molecule is COc1cc(/C=N/NC(=O)[C@@H](C)Oc2ccc(-c3ccccc3)cc2)ccc1OCc1c(Cl)cccc1Cl. The predicted octanol–water partition coefficient (Wildman–Crippen LogP) is 7.17. The van der Waals surface area contributed by atoms with E-state index in [1.54, 1.807) is 50.4 Å². The summed E-state index contributed by atoms with van der Waals surface area (Å²) in [5.74, 6) is 1.23. The lowest BCUT2D eigenvalue weighted by atomic mass is 10.1. The zero-order valence-electron chi connectivity index (χ0n) is 20.9. The number of carbonyl (C=O) groups is 1. The molecule has 1 N–H and O–H groups in total. The molecule has 0 aliphatic heterocycles. The van der Waals surface area contributed by atoms with Crippen LogP contribution in [0.1, 0.15) is 18.1 Å². The molecule has 0 radical (unpaired) electrons. The second kappa shape index (κ2) is 13.0. The Hall–Kier alpha value is -4.00. The molecule has 0 saturated carbocycles. The van der Waals surface area contributed by atoms with Gasteiger partial charge in [0.25, 0.3) is 5.91 Å². The molecule has 8 heteroatoms. The number of hydrogen-bond donors (Lipinski definition) is 1. The minimum atomic E-state index is -0.739. The fraction of sp³-hybridized carbons (Fsp3) is 0.133. The highest BCUT2D eigenvalue weighted by atomic mass is 35.5. The van der Waals surface area contributed by atoms with Crippen LogP contribution in [0.25, 0.3) is 11.1 Å². The monoisotopic (exact) mass is 548 g/mol.